The van der Waals surface area contributed by atoms with Crippen LogP contribution in [0.1, 0.15) is 29.0 Å². The summed E-state index contributed by atoms with van der Waals surface area (Å²) in [6, 6.07) is 13.6. The molecule has 2 aromatic carbocycles. The molecule has 0 aliphatic heterocycles. The second kappa shape index (κ2) is 8.10. The molecule has 0 amide bonds. The summed E-state index contributed by atoms with van der Waals surface area (Å²) in [6.45, 7) is 0.416. The van der Waals surface area contributed by atoms with Crippen molar-refractivity contribution in [2.45, 2.75) is 25.2 Å². The molecule has 1 atom stereocenters. The van der Waals surface area contributed by atoms with Gasteiger partial charge in [0.15, 0.2) is 11.5 Å². The summed E-state index contributed by atoms with van der Waals surface area (Å²) in [5, 5.41) is 0. The number of aryl methyl sites for hydroxylation is 2. The number of nitrogens with one attached hydrogen (secondary N) is 1. The minimum Gasteiger partial charge on any atom is -0.493 e. The van der Waals surface area contributed by atoms with E-state index >= 15 is 0 Å². The average molecular weight is 375 g/mol. The van der Waals surface area contributed by atoms with Crippen LogP contribution in [-0.2, 0) is 22.9 Å². The Morgan fingerprint density at radius 1 is 1.08 bits per heavy atom. The predicted octanol–water partition coefficient (Wildman–Crippen LogP) is 2.90. The Balaban J connectivity index is 1.62. The van der Waals surface area contributed by atoms with E-state index in [2.05, 4.69) is 4.72 Å². The minimum atomic E-state index is -3.30. The van der Waals surface area contributed by atoms with Crippen LogP contribution in [0.3, 0.4) is 0 Å². The summed E-state index contributed by atoms with van der Waals surface area (Å²) in [6.07, 6.45) is 2.36. The molecular formula is C20H25NO4S. The Hall–Kier alpha value is -2.05. The quantitative estimate of drug-likeness (QED) is 0.771. The Bertz CT molecular complexity index is 850. The normalized spacial score (nSPS) is 16.3. The molecule has 0 bridgehead atoms. The Morgan fingerprint density at radius 3 is 2.46 bits per heavy atom. The van der Waals surface area contributed by atoms with E-state index in [4.69, 9.17) is 9.47 Å². The first-order chi connectivity index (χ1) is 12.5. The molecule has 1 N–H and O–H groups in total. The zero-order valence-electron chi connectivity index (χ0n) is 15.2. The van der Waals surface area contributed by atoms with Crippen molar-refractivity contribution in [3.8, 4) is 11.5 Å². The van der Waals surface area contributed by atoms with Gasteiger partial charge >= 0.3 is 0 Å². The lowest BCUT2D eigenvalue weighted by Gasteiger charge is -2.15. The number of rotatable bonds is 8. The first kappa shape index (κ1) is 18.7. The lowest BCUT2D eigenvalue weighted by Crippen LogP contribution is -2.30. The van der Waals surface area contributed by atoms with Gasteiger partial charge in [0.05, 0.1) is 20.0 Å². The summed E-state index contributed by atoms with van der Waals surface area (Å²) < 4.78 is 38.2. The van der Waals surface area contributed by atoms with Crippen molar-refractivity contribution in [2.24, 2.45) is 0 Å². The van der Waals surface area contributed by atoms with Gasteiger partial charge in [-0.15, -0.1) is 0 Å². The predicted molar refractivity (Wildman–Crippen MR) is 103 cm³/mol. The lowest BCUT2D eigenvalue weighted by atomic mass is 10.0. The highest BCUT2D eigenvalue weighted by Gasteiger charge is 2.26. The van der Waals surface area contributed by atoms with Gasteiger partial charge < -0.3 is 9.47 Å². The van der Waals surface area contributed by atoms with Crippen molar-refractivity contribution in [1.82, 2.24) is 4.72 Å². The van der Waals surface area contributed by atoms with Crippen LogP contribution in [0.5, 0.6) is 11.5 Å². The number of benzene rings is 2. The fourth-order valence-corrected chi connectivity index (χ4v) is 4.53. The van der Waals surface area contributed by atoms with Gasteiger partial charge in [-0.05, 0) is 54.0 Å². The average Bonchev–Trinajstić information content (AvgIpc) is 3.06. The van der Waals surface area contributed by atoms with Crippen molar-refractivity contribution in [3.63, 3.8) is 0 Å². The van der Waals surface area contributed by atoms with Gasteiger partial charge in [0.25, 0.3) is 0 Å². The van der Waals surface area contributed by atoms with Gasteiger partial charge in [0.1, 0.15) is 0 Å². The van der Waals surface area contributed by atoms with Gasteiger partial charge in [-0.3, -0.25) is 0 Å². The smallest absolute Gasteiger partial charge is 0.211 e. The van der Waals surface area contributed by atoms with Crippen molar-refractivity contribution in [3.05, 3.63) is 59.2 Å². The fourth-order valence-electron chi connectivity index (χ4n) is 3.43. The standard InChI is InChI=1S/C20H25NO4S/c1-24-19-12-16-8-9-17(18(16)13-20(19)25-2)14-21-26(22,23)11-10-15-6-4-3-5-7-15/h3-7,12-13,17,21H,8-11,14H2,1-2H3. The molecule has 26 heavy (non-hydrogen) atoms. The molecule has 1 aliphatic carbocycles. The van der Waals surface area contributed by atoms with Gasteiger partial charge in [0, 0.05) is 6.54 Å². The molecule has 0 radical (unpaired) electrons. The third kappa shape index (κ3) is 4.37. The van der Waals surface area contributed by atoms with Crippen LogP contribution < -0.4 is 14.2 Å². The van der Waals surface area contributed by atoms with Crippen LogP contribution in [-0.4, -0.2) is 34.9 Å². The molecule has 140 valence electrons. The van der Waals surface area contributed by atoms with Crippen LogP contribution in [0, 0.1) is 0 Å². The number of fused-ring (bicyclic) bond motifs is 1. The van der Waals surface area contributed by atoms with Crippen LogP contribution in [0.4, 0.5) is 0 Å². The van der Waals surface area contributed by atoms with Gasteiger partial charge in [0.2, 0.25) is 10.0 Å². The monoisotopic (exact) mass is 375 g/mol. The van der Waals surface area contributed by atoms with Crippen LogP contribution in [0.2, 0.25) is 0 Å². The summed E-state index contributed by atoms with van der Waals surface area (Å²) in [7, 11) is -0.0701. The topological polar surface area (TPSA) is 64.6 Å². The molecule has 0 aromatic heterocycles. The highest BCUT2D eigenvalue weighted by molar-refractivity contribution is 7.89. The van der Waals surface area contributed by atoms with Gasteiger partial charge in [-0.25, -0.2) is 13.1 Å². The SMILES string of the molecule is COc1cc2c(cc1OC)C(CNS(=O)(=O)CCc1ccccc1)CC2. The third-order valence-electron chi connectivity index (χ3n) is 4.90. The van der Waals surface area contributed by atoms with Crippen LogP contribution in [0.15, 0.2) is 42.5 Å². The van der Waals surface area contributed by atoms with E-state index < -0.39 is 10.0 Å². The highest BCUT2D eigenvalue weighted by atomic mass is 32.2. The lowest BCUT2D eigenvalue weighted by molar-refractivity contribution is 0.354. The molecule has 0 saturated heterocycles. The Labute approximate surface area is 155 Å². The van der Waals surface area contributed by atoms with Crippen molar-refractivity contribution in [2.75, 3.05) is 26.5 Å². The molecule has 2 aromatic rings. The fraction of sp³-hybridized carbons (Fsp3) is 0.400. The molecule has 0 spiro atoms. The van der Waals surface area contributed by atoms with Crippen molar-refractivity contribution in [1.29, 1.82) is 0 Å². The zero-order chi connectivity index (χ0) is 18.6. The number of hydrogen-bond donors (Lipinski definition) is 1. The van der Waals surface area contributed by atoms with E-state index in [1.54, 1.807) is 14.2 Å². The molecule has 6 heteroatoms. The number of ether oxygens (including phenoxy) is 2. The molecular weight excluding hydrogens is 350 g/mol. The van der Waals surface area contributed by atoms with Gasteiger partial charge in [-0.2, -0.15) is 0 Å². The molecule has 0 fully saturated rings. The second-order valence-corrected chi connectivity index (χ2v) is 8.47. The van der Waals surface area contributed by atoms with E-state index in [-0.39, 0.29) is 11.7 Å². The highest BCUT2D eigenvalue weighted by Crippen LogP contribution is 2.40. The van der Waals surface area contributed by atoms with E-state index in [0.717, 1.165) is 29.7 Å². The summed E-state index contributed by atoms with van der Waals surface area (Å²) >= 11 is 0. The maximum atomic E-state index is 12.3. The maximum absolute atomic E-state index is 12.3. The molecule has 0 saturated carbocycles. The third-order valence-corrected chi connectivity index (χ3v) is 6.25. The van der Waals surface area contributed by atoms with Crippen LogP contribution >= 0.6 is 0 Å². The maximum Gasteiger partial charge on any atom is 0.211 e. The van der Waals surface area contributed by atoms with E-state index in [0.29, 0.717) is 18.7 Å². The summed E-state index contributed by atoms with van der Waals surface area (Å²) in [5.74, 6) is 1.67. The summed E-state index contributed by atoms with van der Waals surface area (Å²) in [5.41, 5.74) is 3.38. The van der Waals surface area contributed by atoms with E-state index in [1.807, 2.05) is 42.5 Å². The molecule has 3 rings (SSSR count). The Morgan fingerprint density at radius 2 is 1.77 bits per heavy atom. The first-order valence-corrected chi connectivity index (χ1v) is 10.4. The van der Waals surface area contributed by atoms with E-state index in [1.165, 1.54) is 5.56 Å². The van der Waals surface area contributed by atoms with Crippen molar-refractivity contribution >= 4 is 10.0 Å². The van der Waals surface area contributed by atoms with Gasteiger partial charge in [-0.1, -0.05) is 30.3 Å². The molecule has 0 heterocycles. The Kier molecular flexibility index (Phi) is 5.84. The molecule has 1 aliphatic rings. The zero-order valence-corrected chi connectivity index (χ0v) is 16.0. The molecule has 5 nitrogen and oxygen atoms in total. The second-order valence-electron chi connectivity index (χ2n) is 6.54. The number of methoxy groups -OCH3 is 2. The molecule has 1 unspecified atom stereocenters. The van der Waals surface area contributed by atoms with Crippen LogP contribution in [0.25, 0.3) is 0 Å². The first-order valence-electron chi connectivity index (χ1n) is 8.78. The summed E-state index contributed by atoms with van der Waals surface area (Å²) in [4.78, 5) is 0. The minimum absolute atomic E-state index is 0.0997. The number of sulfonamides is 1. The number of hydrogen-bond acceptors (Lipinski definition) is 4. The van der Waals surface area contributed by atoms with E-state index in [9.17, 15) is 8.42 Å². The largest absolute Gasteiger partial charge is 0.493 e. The van der Waals surface area contributed by atoms with Crippen molar-refractivity contribution < 1.29 is 17.9 Å².